The van der Waals surface area contributed by atoms with Gasteiger partial charge in [0.15, 0.2) is 0 Å². The Bertz CT molecular complexity index is 777. The predicted octanol–water partition coefficient (Wildman–Crippen LogP) is 1.88. The van der Waals surface area contributed by atoms with Gasteiger partial charge in [0.2, 0.25) is 5.91 Å². The number of nitrogens with one attached hydrogen (secondary N) is 1. The van der Waals surface area contributed by atoms with Crippen LogP contribution in [0.3, 0.4) is 0 Å². The number of pyridine rings is 1. The molecule has 1 unspecified atom stereocenters. The van der Waals surface area contributed by atoms with Gasteiger partial charge in [0.1, 0.15) is 6.79 Å². The van der Waals surface area contributed by atoms with Crippen LogP contribution in [-0.4, -0.2) is 58.9 Å². The van der Waals surface area contributed by atoms with Crippen molar-refractivity contribution in [3.8, 4) is 10.6 Å². The maximum absolute atomic E-state index is 11.6. The molecule has 1 atom stereocenters. The molecule has 0 aromatic carbocycles. The number of aromatic nitrogens is 2. The molecule has 6 N–H and O–H groups in total. The van der Waals surface area contributed by atoms with E-state index in [0.29, 0.717) is 13.0 Å². The number of carbonyl (C=O) groups excluding carboxylic acids is 2. The molecule has 1 aliphatic heterocycles. The van der Waals surface area contributed by atoms with Crippen molar-refractivity contribution >= 4 is 24.0 Å². The van der Waals surface area contributed by atoms with Crippen molar-refractivity contribution in [1.29, 1.82) is 0 Å². The molecule has 1 fully saturated rings. The number of hydrazine groups is 1. The van der Waals surface area contributed by atoms with Crippen LogP contribution in [0.25, 0.3) is 10.6 Å². The lowest BCUT2D eigenvalue weighted by Crippen LogP contribution is -2.32. The Morgan fingerprint density at radius 2 is 1.97 bits per heavy atom. The molecule has 1 saturated heterocycles. The van der Waals surface area contributed by atoms with Gasteiger partial charge in [0, 0.05) is 32.3 Å². The zero-order valence-electron chi connectivity index (χ0n) is 19.8. The van der Waals surface area contributed by atoms with E-state index in [0.717, 1.165) is 35.8 Å². The number of hydrogen-bond donors (Lipinski definition) is 4. The van der Waals surface area contributed by atoms with E-state index in [2.05, 4.69) is 53.8 Å². The Morgan fingerprint density at radius 1 is 1.31 bits per heavy atom. The molecule has 10 heteroatoms. The highest BCUT2D eigenvalue weighted by molar-refractivity contribution is 7.13. The van der Waals surface area contributed by atoms with Gasteiger partial charge in [-0.05, 0) is 37.4 Å². The van der Waals surface area contributed by atoms with Crippen molar-refractivity contribution in [3.05, 3.63) is 35.1 Å². The van der Waals surface area contributed by atoms with Crippen LogP contribution in [0.5, 0.6) is 0 Å². The van der Waals surface area contributed by atoms with Crippen molar-refractivity contribution in [1.82, 2.24) is 20.2 Å². The topological polar surface area (TPSA) is 147 Å². The van der Waals surface area contributed by atoms with E-state index in [4.69, 9.17) is 4.79 Å². The van der Waals surface area contributed by atoms with Gasteiger partial charge < -0.3 is 20.1 Å². The lowest BCUT2D eigenvalue weighted by molar-refractivity contribution is -0.132. The minimum absolute atomic E-state index is 0.0463. The molecular formula is C22H38N6O3S. The molecule has 0 spiro atoms. The smallest absolute Gasteiger partial charge is 0.223 e. The third kappa shape index (κ3) is 10.9. The van der Waals surface area contributed by atoms with Crippen LogP contribution < -0.4 is 17.0 Å². The highest BCUT2D eigenvalue weighted by Gasteiger charge is 2.27. The number of rotatable bonds is 4. The van der Waals surface area contributed by atoms with Gasteiger partial charge in [0.05, 0.1) is 27.9 Å². The van der Waals surface area contributed by atoms with Gasteiger partial charge in [-0.15, -0.1) is 11.3 Å². The molecule has 3 rings (SSSR count). The van der Waals surface area contributed by atoms with Crippen LogP contribution in [0.15, 0.2) is 23.8 Å². The first-order chi connectivity index (χ1) is 15.2. The van der Waals surface area contributed by atoms with Crippen LogP contribution in [0, 0.1) is 12.3 Å². The molecule has 180 valence electrons. The number of aliphatic hydroxyl groups excluding tert-OH is 1. The van der Waals surface area contributed by atoms with Gasteiger partial charge in [-0.2, -0.15) is 0 Å². The highest BCUT2D eigenvalue weighted by Crippen LogP contribution is 2.25. The molecule has 0 saturated carbocycles. The van der Waals surface area contributed by atoms with E-state index in [1.165, 1.54) is 5.56 Å². The number of likely N-dealkylation sites (tertiary alicyclic amines) is 1. The number of thiazole rings is 1. The van der Waals surface area contributed by atoms with Crippen LogP contribution >= 0.6 is 11.3 Å². The van der Waals surface area contributed by atoms with Crippen molar-refractivity contribution < 1.29 is 14.7 Å². The average Bonchev–Trinajstić information content (AvgIpc) is 3.39. The molecule has 0 radical (unpaired) electrons. The SMILES string of the molecule is C=O.CC(C)(C)CC(=O)N1CCC(O)C1.CNCc1ccc(-c2scnc2C)nc1.NN. The summed E-state index contributed by atoms with van der Waals surface area (Å²) in [6.45, 7) is 12.3. The zero-order chi connectivity index (χ0) is 24.7. The maximum atomic E-state index is 11.6. The molecule has 2 aromatic heterocycles. The van der Waals surface area contributed by atoms with Crippen molar-refractivity contribution in [3.63, 3.8) is 0 Å². The normalized spacial score (nSPS) is 14.9. The molecule has 1 amide bonds. The largest absolute Gasteiger partial charge is 0.391 e. The maximum Gasteiger partial charge on any atom is 0.223 e. The van der Waals surface area contributed by atoms with E-state index in [1.54, 1.807) is 16.2 Å². The molecule has 32 heavy (non-hydrogen) atoms. The number of aryl methyl sites for hydroxylation is 1. The first kappa shape index (κ1) is 29.8. The van der Waals surface area contributed by atoms with Gasteiger partial charge in [-0.1, -0.05) is 26.8 Å². The van der Waals surface area contributed by atoms with E-state index in [9.17, 15) is 9.90 Å². The molecule has 3 heterocycles. The monoisotopic (exact) mass is 466 g/mol. The number of β-amino-alcohol motifs (C(OH)–C–C–N with tert-alkyl or cyclic N) is 1. The molecule has 0 bridgehead atoms. The minimum atomic E-state index is -0.302. The summed E-state index contributed by atoms with van der Waals surface area (Å²) in [6, 6.07) is 4.14. The number of nitrogens with zero attached hydrogens (tertiary/aromatic N) is 3. The molecule has 9 nitrogen and oxygen atoms in total. The van der Waals surface area contributed by atoms with Gasteiger partial charge in [-0.25, -0.2) is 4.98 Å². The third-order valence-electron chi connectivity index (χ3n) is 4.38. The molecule has 0 aliphatic carbocycles. The fourth-order valence-corrected chi connectivity index (χ4v) is 3.73. The summed E-state index contributed by atoms with van der Waals surface area (Å²) in [5.41, 5.74) is 5.16. The standard InChI is InChI=1S/C11H13N3S.C10H19NO2.CH2O.H4N2/c1-8-11(15-7-14-8)10-4-3-9(5-12-2)6-13-10;1-10(2,3)6-9(13)11-5-4-8(12)7-11;2*1-2/h3-4,6-7,12H,5H2,1-2H3;8,12H,4-7H2,1-3H3;1H2;1-2H2. The second kappa shape index (κ2) is 15.5. The van der Waals surface area contributed by atoms with E-state index in [-0.39, 0.29) is 17.4 Å². The zero-order valence-corrected chi connectivity index (χ0v) is 20.6. The van der Waals surface area contributed by atoms with E-state index in [1.807, 2.05) is 38.5 Å². The fraction of sp³-hybridized carbons (Fsp3) is 0.545. The number of nitrogens with two attached hydrogens (primary N) is 2. The lowest BCUT2D eigenvalue weighted by atomic mass is 9.92. The first-order valence-corrected chi connectivity index (χ1v) is 11.2. The van der Waals surface area contributed by atoms with Crippen molar-refractivity contribution in [2.45, 2.75) is 53.2 Å². The van der Waals surface area contributed by atoms with Gasteiger partial charge in [-0.3, -0.25) is 21.5 Å². The summed E-state index contributed by atoms with van der Waals surface area (Å²) >= 11 is 1.63. The second-order valence-electron chi connectivity index (χ2n) is 8.37. The van der Waals surface area contributed by atoms with Gasteiger partial charge >= 0.3 is 0 Å². The van der Waals surface area contributed by atoms with Crippen LogP contribution in [-0.2, 0) is 16.1 Å². The predicted molar refractivity (Wildman–Crippen MR) is 130 cm³/mol. The number of amides is 1. The number of carbonyl (C=O) groups is 2. The number of hydrogen-bond acceptors (Lipinski definition) is 9. The fourth-order valence-electron chi connectivity index (χ4n) is 2.95. The quantitative estimate of drug-likeness (QED) is 0.394. The average molecular weight is 467 g/mol. The Morgan fingerprint density at radius 3 is 2.38 bits per heavy atom. The van der Waals surface area contributed by atoms with Crippen LogP contribution in [0.2, 0.25) is 0 Å². The summed E-state index contributed by atoms with van der Waals surface area (Å²) in [4.78, 5) is 31.2. The van der Waals surface area contributed by atoms with Crippen molar-refractivity contribution in [2.24, 2.45) is 17.1 Å². The Hall–Kier alpha value is -2.24. The Kier molecular flexibility index (Phi) is 14.5. The summed E-state index contributed by atoms with van der Waals surface area (Å²) in [5, 5.41) is 12.4. The summed E-state index contributed by atoms with van der Waals surface area (Å²) in [7, 11) is 1.93. The third-order valence-corrected chi connectivity index (χ3v) is 5.33. The number of aliphatic hydroxyl groups is 1. The summed E-state index contributed by atoms with van der Waals surface area (Å²) in [5.74, 6) is 8.17. The lowest BCUT2D eigenvalue weighted by Gasteiger charge is -2.22. The Balaban J connectivity index is 0.000000525. The molecule has 1 aliphatic rings. The Labute approximate surface area is 195 Å². The van der Waals surface area contributed by atoms with E-state index >= 15 is 0 Å². The molecular weight excluding hydrogens is 428 g/mol. The van der Waals surface area contributed by atoms with Crippen LogP contribution in [0.4, 0.5) is 0 Å². The van der Waals surface area contributed by atoms with Crippen molar-refractivity contribution in [2.75, 3.05) is 20.1 Å². The minimum Gasteiger partial charge on any atom is -0.391 e. The molecule has 2 aromatic rings. The second-order valence-corrected chi connectivity index (χ2v) is 9.22. The summed E-state index contributed by atoms with van der Waals surface area (Å²) < 4.78 is 0. The first-order valence-electron chi connectivity index (χ1n) is 10.3. The van der Waals surface area contributed by atoms with Gasteiger partial charge in [0.25, 0.3) is 0 Å². The van der Waals surface area contributed by atoms with E-state index < -0.39 is 0 Å². The summed E-state index contributed by atoms with van der Waals surface area (Å²) in [6.07, 6.45) is 2.91. The van der Waals surface area contributed by atoms with Crippen LogP contribution in [0.1, 0.15) is 44.9 Å². The highest BCUT2D eigenvalue weighted by atomic mass is 32.1.